The van der Waals surface area contributed by atoms with Crippen LogP contribution in [0.15, 0.2) is 59.5 Å². The van der Waals surface area contributed by atoms with Gasteiger partial charge in [-0.15, -0.1) is 0 Å². The third kappa shape index (κ3) is 4.50. The Labute approximate surface area is 136 Å². The second-order valence-corrected chi connectivity index (χ2v) is 6.37. The van der Waals surface area contributed by atoms with E-state index in [4.69, 9.17) is 0 Å². The maximum absolute atomic E-state index is 12.1. The molecule has 2 rings (SSSR count). The van der Waals surface area contributed by atoms with Gasteiger partial charge in [0.05, 0.1) is 5.92 Å². The van der Waals surface area contributed by atoms with E-state index in [1.54, 1.807) is 60.9 Å². The van der Waals surface area contributed by atoms with Crippen LogP contribution >= 0.6 is 0 Å². The van der Waals surface area contributed by atoms with Gasteiger partial charge < -0.3 is 10.4 Å². The van der Waals surface area contributed by atoms with Crippen molar-refractivity contribution in [2.75, 3.05) is 12.8 Å². The second-order valence-electron chi connectivity index (χ2n) is 4.99. The Bertz CT molecular complexity index is 713. The SMILES string of the molecule is CS(=O)c1ccc(C(=O)NCC(C(=O)O)c2ccccc2)cc1. The number of rotatable bonds is 6. The molecule has 0 aliphatic heterocycles. The molecule has 0 aliphatic carbocycles. The van der Waals surface area contributed by atoms with E-state index >= 15 is 0 Å². The van der Waals surface area contributed by atoms with Crippen LogP contribution in [0.25, 0.3) is 0 Å². The number of carbonyl (C=O) groups is 2. The van der Waals surface area contributed by atoms with Gasteiger partial charge in [0.2, 0.25) is 0 Å². The van der Waals surface area contributed by atoms with Gasteiger partial charge in [-0.1, -0.05) is 30.3 Å². The lowest BCUT2D eigenvalue weighted by molar-refractivity contribution is -0.138. The number of aliphatic carboxylic acids is 1. The van der Waals surface area contributed by atoms with E-state index in [1.807, 2.05) is 0 Å². The highest BCUT2D eigenvalue weighted by molar-refractivity contribution is 7.84. The van der Waals surface area contributed by atoms with Gasteiger partial charge in [0, 0.05) is 34.1 Å². The van der Waals surface area contributed by atoms with Gasteiger partial charge in [-0.3, -0.25) is 13.8 Å². The van der Waals surface area contributed by atoms with Crippen LogP contribution in [0.5, 0.6) is 0 Å². The van der Waals surface area contributed by atoms with Gasteiger partial charge in [-0.2, -0.15) is 0 Å². The lowest BCUT2D eigenvalue weighted by atomic mass is 9.99. The van der Waals surface area contributed by atoms with E-state index in [0.29, 0.717) is 16.0 Å². The molecule has 0 fully saturated rings. The van der Waals surface area contributed by atoms with Crippen LogP contribution in [0.4, 0.5) is 0 Å². The highest BCUT2D eigenvalue weighted by atomic mass is 32.2. The van der Waals surface area contributed by atoms with E-state index in [9.17, 15) is 18.9 Å². The largest absolute Gasteiger partial charge is 0.481 e. The molecule has 0 spiro atoms. The van der Waals surface area contributed by atoms with Crippen LogP contribution in [0.2, 0.25) is 0 Å². The molecule has 0 heterocycles. The molecule has 0 aromatic heterocycles. The molecule has 0 saturated heterocycles. The minimum Gasteiger partial charge on any atom is -0.481 e. The standard InChI is InChI=1S/C17H17NO4S/c1-23(22)14-9-7-13(8-10-14)16(19)18-11-15(17(20)21)12-5-3-2-4-6-12/h2-10,15H,11H2,1H3,(H,18,19)(H,20,21). The average molecular weight is 331 g/mol. The number of carboxylic acid groups (broad SMARTS) is 1. The van der Waals surface area contributed by atoms with Crippen LogP contribution in [0.1, 0.15) is 21.8 Å². The van der Waals surface area contributed by atoms with Crippen LogP contribution in [0, 0.1) is 0 Å². The number of hydrogen-bond donors (Lipinski definition) is 2. The Morgan fingerprint density at radius 2 is 1.70 bits per heavy atom. The average Bonchev–Trinajstić information content (AvgIpc) is 2.55. The summed E-state index contributed by atoms with van der Waals surface area (Å²) in [6.07, 6.45) is 1.56. The quantitative estimate of drug-likeness (QED) is 0.848. The maximum Gasteiger partial charge on any atom is 0.312 e. The molecular weight excluding hydrogens is 314 g/mol. The molecule has 0 radical (unpaired) electrons. The third-order valence-electron chi connectivity index (χ3n) is 3.42. The summed E-state index contributed by atoms with van der Waals surface area (Å²) in [7, 11) is -1.10. The Balaban J connectivity index is 2.04. The topological polar surface area (TPSA) is 83.5 Å². The van der Waals surface area contributed by atoms with E-state index < -0.39 is 22.7 Å². The first-order valence-corrected chi connectivity index (χ1v) is 8.54. The van der Waals surface area contributed by atoms with Crippen molar-refractivity contribution in [3.63, 3.8) is 0 Å². The molecule has 0 saturated carbocycles. The first kappa shape index (κ1) is 16.9. The molecule has 2 aromatic carbocycles. The normalized spacial score (nSPS) is 13.1. The van der Waals surface area contributed by atoms with Crippen molar-refractivity contribution in [3.05, 3.63) is 65.7 Å². The van der Waals surface area contributed by atoms with Crippen molar-refractivity contribution in [2.24, 2.45) is 0 Å². The molecular formula is C17H17NO4S. The van der Waals surface area contributed by atoms with E-state index in [1.165, 1.54) is 0 Å². The van der Waals surface area contributed by atoms with Crippen LogP contribution in [0.3, 0.4) is 0 Å². The van der Waals surface area contributed by atoms with Gasteiger partial charge in [0.25, 0.3) is 5.91 Å². The van der Waals surface area contributed by atoms with Crippen molar-refractivity contribution in [2.45, 2.75) is 10.8 Å². The number of amides is 1. The van der Waals surface area contributed by atoms with Gasteiger partial charge in [0.1, 0.15) is 0 Å². The number of carboxylic acids is 1. The maximum atomic E-state index is 12.1. The molecule has 2 atom stereocenters. The summed E-state index contributed by atoms with van der Waals surface area (Å²) < 4.78 is 11.3. The zero-order valence-electron chi connectivity index (χ0n) is 12.6. The van der Waals surface area contributed by atoms with Gasteiger partial charge in [-0.05, 0) is 29.8 Å². The predicted octanol–water partition coefficient (Wildman–Crippen LogP) is 2.02. The summed E-state index contributed by atoms with van der Waals surface area (Å²) in [4.78, 5) is 24.1. The molecule has 5 nitrogen and oxygen atoms in total. The van der Waals surface area contributed by atoms with Crippen molar-refractivity contribution in [1.29, 1.82) is 0 Å². The zero-order valence-corrected chi connectivity index (χ0v) is 13.4. The first-order valence-electron chi connectivity index (χ1n) is 6.98. The highest BCUT2D eigenvalue weighted by Gasteiger charge is 2.20. The molecule has 1 amide bonds. The second kappa shape index (κ2) is 7.69. The summed E-state index contributed by atoms with van der Waals surface area (Å²) in [6.45, 7) is -0.000357. The van der Waals surface area contributed by atoms with Crippen LogP contribution in [-0.2, 0) is 15.6 Å². The van der Waals surface area contributed by atoms with Gasteiger partial charge in [-0.25, -0.2) is 0 Å². The van der Waals surface area contributed by atoms with Crippen molar-refractivity contribution < 1.29 is 18.9 Å². The number of hydrogen-bond acceptors (Lipinski definition) is 3. The van der Waals surface area contributed by atoms with E-state index in [2.05, 4.69) is 5.32 Å². The Hall–Kier alpha value is -2.47. The summed E-state index contributed by atoms with van der Waals surface area (Å²) in [6, 6.07) is 15.2. The van der Waals surface area contributed by atoms with Gasteiger partial charge >= 0.3 is 5.97 Å². The highest BCUT2D eigenvalue weighted by Crippen LogP contribution is 2.15. The predicted molar refractivity (Wildman–Crippen MR) is 87.9 cm³/mol. The van der Waals surface area contributed by atoms with Crippen LogP contribution < -0.4 is 5.32 Å². The Kier molecular flexibility index (Phi) is 5.65. The molecule has 6 heteroatoms. The fourth-order valence-corrected chi connectivity index (χ4v) is 2.65. The number of nitrogens with one attached hydrogen (secondary N) is 1. The molecule has 0 bridgehead atoms. The summed E-state index contributed by atoms with van der Waals surface area (Å²) >= 11 is 0. The molecule has 2 aromatic rings. The Morgan fingerprint density at radius 1 is 1.09 bits per heavy atom. The lowest BCUT2D eigenvalue weighted by Crippen LogP contribution is -2.31. The first-order chi connectivity index (χ1) is 11.0. The van der Waals surface area contributed by atoms with Crippen molar-refractivity contribution >= 4 is 22.7 Å². The zero-order chi connectivity index (χ0) is 16.8. The minimum atomic E-state index is -1.10. The lowest BCUT2D eigenvalue weighted by Gasteiger charge is -2.14. The smallest absolute Gasteiger partial charge is 0.312 e. The summed E-state index contributed by atoms with van der Waals surface area (Å²) in [5.41, 5.74) is 1.04. The Morgan fingerprint density at radius 3 is 2.22 bits per heavy atom. The molecule has 23 heavy (non-hydrogen) atoms. The molecule has 0 aliphatic rings. The van der Waals surface area contributed by atoms with E-state index in [-0.39, 0.29) is 12.5 Å². The summed E-state index contributed by atoms with van der Waals surface area (Å²) in [5.74, 6) is -2.16. The van der Waals surface area contributed by atoms with Crippen LogP contribution in [-0.4, -0.2) is 34.0 Å². The number of carbonyl (C=O) groups excluding carboxylic acids is 1. The third-order valence-corrected chi connectivity index (χ3v) is 4.35. The molecule has 2 N–H and O–H groups in total. The van der Waals surface area contributed by atoms with Gasteiger partial charge in [0.15, 0.2) is 0 Å². The fourth-order valence-electron chi connectivity index (χ4n) is 2.13. The number of benzene rings is 2. The van der Waals surface area contributed by atoms with Crippen molar-refractivity contribution in [3.8, 4) is 0 Å². The monoisotopic (exact) mass is 331 g/mol. The minimum absolute atomic E-state index is 0.000357. The molecule has 120 valence electrons. The molecule has 2 unspecified atom stereocenters. The van der Waals surface area contributed by atoms with Crippen molar-refractivity contribution in [1.82, 2.24) is 5.32 Å². The summed E-state index contributed by atoms with van der Waals surface area (Å²) in [5, 5.41) is 12.0. The fraction of sp³-hybridized carbons (Fsp3) is 0.176. The van der Waals surface area contributed by atoms with E-state index in [0.717, 1.165) is 0 Å².